The normalized spacial score (nSPS) is 20.8. The molecule has 0 bridgehead atoms. The van der Waals surface area contributed by atoms with Gasteiger partial charge in [-0.2, -0.15) is 0 Å². The van der Waals surface area contributed by atoms with E-state index in [1.807, 2.05) is 0 Å². The van der Waals surface area contributed by atoms with E-state index in [0.717, 1.165) is 0 Å². The van der Waals surface area contributed by atoms with Crippen molar-refractivity contribution in [3.05, 3.63) is 35.4 Å². The first-order valence-electron chi connectivity index (χ1n) is 4.43. The minimum atomic E-state index is -0.600. The van der Waals surface area contributed by atoms with Crippen molar-refractivity contribution in [2.45, 2.75) is 12.5 Å². The molecule has 0 heterocycles. The summed E-state index contributed by atoms with van der Waals surface area (Å²) in [5.41, 5.74) is 1.00. The molecule has 1 aliphatic rings. The zero-order valence-corrected chi connectivity index (χ0v) is 7.82. The van der Waals surface area contributed by atoms with Gasteiger partial charge in [0, 0.05) is 24.7 Å². The van der Waals surface area contributed by atoms with Crippen LogP contribution < -0.4 is 0 Å². The number of Topliss-reactive ketones (excluding diaryl/α,β-unsaturated/α-hetero) is 2. The lowest BCUT2D eigenvalue weighted by atomic mass is 9.88. The number of ketones is 2. The SMILES string of the molecule is COC1CC(=O)c2ccccc2C1=O. The number of hydrogen-bond acceptors (Lipinski definition) is 3. The van der Waals surface area contributed by atoms with E-state index in [9.17, 15) is 9.59 Å². The molecule has 0 saturated carbocycles. The minimum Gasteiger partial charge on any atom is -0.373 e. The molecule has 1 unspecified atom stereocenters. The molecule has 0 radical (unpaired) electrons. The first-order valence-corrected chi connectivity index (χ1v) is 4.43. The summed E-state index contributed by atoms with van der Waals surface area (Å²) in [6.07, 6.45) is -0.441. The maximum absolute atomic E-state index is 11.7. The highest BCUT2D eigenvalue weighted by atomic mass is 16.5. The van der Waals surface area contributed by atoms with Crippen LogP contribution in [-0.2, 0) is 4.74 Å². The fraction of sp³-hybridized carbons (Fsp3) is 0.273. The molecular weight excluding hydrogens is 180 g/mol. The van der Waals surface area contributed by atoms with E-state index in [0.29, 0.717) is 11.1 Å². The van der Waals surface area contributed by atoms with Gasteiger partial charge in [0.2, 0.25) is 0 Å². The van der Waals surface area contributed by atoms with Crippen molar-refractivity contribution in [1.82, 2.24) is 0 Å². The summed E-state index contributed by atoms with van der Waals surface area (Å²) in [6.45, 7) is 0. The fourth-order valence-electron chi connectivity index (χ4n) is 1.68. The molecular formula is C11H10O3. The van der Waals surface area contributed by atoms with Crippen molar-refractivity contribution in [1.29, 1.82) is 0 Å². The third kappa shape index (κ3) is 1.26. The molecule has 14 heavy (non-hydrogen) atoms. The number of hydrogen-bond donors (Lipinski definition) is 0. The van der Waals surface area contributed by atoms with E-state index < -0.39 is 6.10 Å². The second-order valence-electron chi connectivity index (χ2n) is 3.26. The van der Waals surface area contributed by atoms with Gasteiger partial charge in [0.25, 0.3) is 0 Å². The Bertz CT molecular complexity index is 395. The minimum absolute atomic E-state index is 0.0212. The Hall–Kier alpha value is -1.48. The molecule has 3 nitrogen and oxygen atoms in total. The molecule has 2 rings (SSSR count). The van der Waals surface area contributed by atoms with Crippen LogP contribution in [-0.4, -0.2) is 24.8 Å². The Morgan fingerprint density at radius 1 is 1.21 bits per heavy atom. The molecule has 72 valence electrons. The summed E-state index contributed by atoms with van der Waals surface area (Å²) in [7, 11) is 1.45. The molecule has 0 N–H and O–H groups in total. The number of ether oxygens (including phenoxy) is 1. The maximum Gasteiger partial charge on any atom is 0.192 e. The Balaban J connectivity index is 2.51. The second kappa shape index (κ2) is 3.35. The van der Waals surface area contributed by atoms with Gasteiger partial charge in [-0.1, -0.05) is 24.3 Å². The fourth-order valence-corrected chi connectivity index (χ4v) is 1.68. The van der Waals surface area contributed by atoms with Crippen molar-refractivity contribution in [3.8, 4) is 0 Å². The van der Waals surface area contributed by atoms with E-state index in [2.05, 4.69) is 0 Å². The number of carbonyl (C=O) groups excluding carboxylic acids is 2. The van der Waals surface area contributed by atoms with Crippen LogP contribution in [0.5, 0.6) is 0 Å². The van der Waals surface area contributed by atoms with Gasteiger partial charge in [0.15, 0.2) is 11.6 Å². The Labute approximate surface area is 81.7 Å². The van der Waals surface area contributed by atoms with E-state index in [4.69, 9.17) is 4.74 Å². The molecule has 1 aliphatic carbocycles. The van der Waals surface area contributed by atoms with Gasteiger partial charge in [-0.15, -0.1) is 0 Å². The molecule has 3 heteroatoms. The summed E-state index contributed by atoms with van der Waals surface area (Å²) in [5.74, 6) is -0.116. The summed E-state index contributed by atoms with van der Waals surface area (Å²) >= 11 is 0. The maximum atomic E-state index is 11.7. The predicted octanol–water partition coefficient (Wildman–Crippen LogP) is 1.47. The van der Waals surface area contributed by atoms with Gasteiger partial charge in [0.1, 0.15) is 6.10 Å². The Morgan fingerprint density at radius 2 is 1.86 bits per heavy atom. The molecule has 1 atom stereocenters. The van der Waals surface area contributed by atoms with Crippen LogP contribution in [0, 0.1) is 0 Å². The van der Waals surface area contributed by atoms with Crippen molar-refractivity contribution in [2.75, 3.05) is 7.11 Å². The number of rotatable bonds is 1. The number of methoxy groups -OCH3 is 1. The van der Waals surface area contributed by atoms with Gasteiger partial charge in [-0.3, -0.25) is 9.59 Å². The van der Waals surface area contributed by atoms with Gasteiger partial charge >= 0.3 is 0 Å². The average molecular weight is 190 g/mol. The molecule has 0 spiro atoms. The van der Waals surface area contributed by atoms with Crippen LogP contribution in [0.15, 0.2) is 24.3 Å². The Kier molecular flexibility index (Phi) is 2.17. The van der Waals surface area contributed by atoms with Crippen LogP contribution in [0.4, 0.5) is 0 Å². The highest BCUT2D eigenvalue weighted by Gasteiger charge is 2.31. The quantitative estimate of drug-likeness (QED) is 0.673. The van der Waals surface area contributed by atoms with E-state index >= 15 is 0 Å². The first kappa shape index (κ1) is 9.09. The van der Waals surface area contributed by atoms with E-state index in [1.54, 1.807) is 24.3 Å². The highest BCUT2D eigenvalue weighted by Crippen LogP contribution is 2.22. The third-order valence-corrected chi connectivity index (χ3v) is 2.44. The smallest absolute Gasteiger partial charge is 0.192 e. The lowest BCUT2D eigenvalue weighted by Crippen LogP contribution is -2.32. The molecule has 0 amide bonds. The van der Waals surface area contributed by atoms with Crippen molar-refractivity contribution in [3.63, 3.8) is 0 Å². The van der Waals surface area contributed by atoms with Gasteiger partial charge in [-0.25, -0.2) is 0 Å². The lowest BCUT2D eigenvalue weighted by molar-refractivity contribution is 0.0519. The third-order valence-electron chi connectivity index (χ3n) is 2.44. The zero-order valence-electron chi connectivity index (χ0n) is 7.82. The lowest BCUT2D eigenvalue weighted by Gasteiger charge is -2.20. The van der Waals surface area contributed by atoms with Crippen LogP contribution in [0.3, 0.4) is 0 Å². The Morgan fingerprint density at radius 3 is 2.50 bits per heavy atom. The monoisotopic (exact) mass is 190 g/mol. The zero-order chi connectivity index (χ0) is 10.1. The standard InChI is InChI=1S/C11H10O3/c1-14-10-6-9(12)7-4-2-3-5-8(7)11(10)13/h2-5,10H,6H2,1H3. The topological polar surface area (TPSA) is 43.4 Å². The predicted molar refractivity (Wildman–Crippen MR) is 50.5 cm³/mol. The molecule has 1 aromatic carbocycles. The summed E-state index contributed by atoms with van der Waals surface area (Å²) in [5, 5.41) is 0. The highest BCUT2D eigenvalue weighted by molar-refractivity contribution is 6.15. The van der Waals surface area contributed by atoms with Crippen LogP contribution in [0.1, 0.15) is 27.1 Å². The molecule has 0 aliphatic heterocycles. The average Bonchev–Trinajstić information content (AvgIpc) is 2.23. The van der Waals surface area contributed by atoms with Gasteiger partial charge < -0.3 is 4.74 Å². The van der Waals surface area contributed by atoms with E-state index in [-0.39, 0.29) is 18.0 Å². The largest absolute Gasteiger partial charge is 0.373 e. The molecule has 0 saturated heterocycles. The summed E-state index contributed by atoms with van der Waals surface area (Å²) in [6, 6.07) is 6.86. The first-order chi connectivity index (χ1) is 6.74. The van der Waals surface area contributed by atoms with Gasteiger partial charge in [0.05, 0.1) is 0 Å². The number of benzene rings is 1. The van der Waals surface area contributed by atoms with E-state index in [1.165, 1.54) is 7.11 Å². The molecule has 0 fully saturated rings. The van der Waals surface area contributed by atoms with Crippen LogP contribution >= 0.6 is 0 Å². The molecule has 0 aromatic heterocycles. The number of fused-ring (bicyclic) bond motifs is 1. The number of carbonyl (C=O) groups is 2. The van der Waals surface area contributed by atoms with Crippen LogP contribution in [0.25, 0.3) is 0 Å². The van der Waals surface area contributed by atoms with Crippen molar-refractivity contribution in [2.24, 2.45) is 0 Å². The summed E-state index contributed by atoms with van der Waals surface area (Å²) in [4.78, 5) is 23.3. The second-order valence-corrected chi connectivity index (χ2v) is 3.26. The van der Waals surface area contributed by atoms with Crippen molar-refractivity contribution < 1.29 is 14.3 Å². The van der Waals surface area contributed by atoms with Crippen molar-refractivity contribution >= 4 is 11.6 Å². The summed E-state index contributed by atoms with van der Waals surface area (Å²) < 4.78 is 4.96. The van der Waals surface area contributed by atoms with Crippen LogP contribution in [0.2, 0.25) is 0 Å². The molecule has 1 aromatic rings. The van der Waals surface area contributed by atoms with Gasteiger partial charge in [-0.05, 0) is 0 Å².